The summed E-state index contributed by atoms with van der Waals surface area (Å²) in [7, 11) is 0. The molecule has 0 unspecified atom stereocenters. The van der Waals surface area contributed by atoms with Crippen LogP contribution in [0.3, 0.4) is 0 Å². The molecule has 25 heavy (non-hydrogen) atoms. The summed E-state index contributed by atoms with van der Waals surface area (Å²) in [6, 6.07) is 2.26. The molecule has 134 valence electrons. The Balaban J connectivity index is 1.76. The molecule has 2 aliphatic rings. The second-order valence-electron chi connectivity index (χ2n) is 8.65. The Morgan fingerprint density at radius 3 is 2.56 bits per heavy atom. The minimum atomic E-state index is 0.00857. The highest BCUT2D eigenvalue weighted by Gasteiger charge is 2.33. The number of nitrogens with one attached hydrogen (secondary N) is 1. The third-order valence-corrected chi connectivity index (χ3v) is 6.29. The fourth-order valence-electron chi connectivity index (χ4n) is 4.40. The van der Waals surface area contributed by atoms with Gasteiger partial charge < -0.3 is 10.2 Å². The number of aromatic nitrogens is 2. The molecule has 1 saturated heterocycles. The zero-order valence-electron chi connectivity index (χ0n) is 15.7. The molecule has 0 aromatic carbocycles. The highest BCUT2D eigenvalue weighted by Crippen LogP contribution is 2.40. The lowest BCUT2D eigenvalue weighted by molar-refractivity contribution is 0.297. The molecular formula is C20H28N4S. The van der Waals surface area contributed by atoms with Crippen LogP contribution in [-0.4, -0.2) is 34.1 Å². The third-order valence-electron chi connectivity index (χ3n) is 5.09. The van der Waals surface area contributed by atoms with Gasteiger partial charge in [0.15, 0.2) is 0 Å². The molecule has 0 radical (unpaired) electrons. The number of nitrogens with zero attached hydrogens (tertiary/aromatic N) is 3. The van der Waals surface area contributed by atoms with E-state index in [-0.39, 0.29) is 11.1 Å². The lowest BCUT2D eigenvalue weighted by atomic mass is 9.83. The quantitative estimate of drug-likeness (QED) is 0.853. The van der Waals surface area contributed by atoms with Crippen molar-refractivity contribution in [2.75, 3.05) is 18.0 Å². The van der Waals surface area contributed by atoms with Crippen LogP contribution in [0.1, 0.15) is 58.3 Å². The van der Waals surface area contributed by atoms with Gasteiger partial charge in [0.05, 0.1) is 10.2 Å². The number of piperidine rings is 1. The Labute approximate surface area is 154 Å². The van der Waals surface area contributed by atoms with E-state index in [9.17, 15) is 0 Å². The number of thiophene rings is 1. The summed E-state index contributed by atoms with van der Waals surface area (Å²) in [6.07, 6.45) is 9.02. The minimum absolute atomic E-state index is 0.00857. The lowest BCUT2D eigenvalue weighted by Crippen LogP contribution is -2.53. The van der Waals surface area contributed by atoms with Crippen molar-refractivity contribution in [1.82, 2.24) is 15.3 Å². The second kappa shape index (κ2) is 6.06. The van der Waals surface area contributed by atoms with Crippen molar-refractivity contribution in [3.63, 3.8) is 0 Å². The van der Waals surface area contributed by atoms with Crippen molar-refractivity contribution in [3.8, 4) is 0 Å². The van der Waals surface area contributed by atoms with Crippen molar-refractivity contribution < 1.29 is 0 Å². The normalized spacial score (nSPS) is 22.9. The van der Waals surface area contributed by atoms with Crippen molar-refractivity contribution in [3.05, 3.63) is 23.3 Å². The lowest BCUT2D eigenvalue weighted by Gasteiger charge is -2.41. The Bertz CT molecular complexity index is 812. The topological polar surface area (TPSA) is 41.1 Å². The molecule has 0 amide bonds. The van der Waals surface area contributed by atoms with Gasteiger partial charge in [0.25, 0.3) is 0 Å². The summed E-state index contributed by atoms with van der Waals surface area (Å²) in [5.41, 5.74) is 2.63. The first-order valence-electron chi connectivity index (χ1n) is 9.34. The average molecular weight is 357 g/mol. The maximum Gasteiger partial charge on any atom is 0.150 e. The van der Waals surface area contributed by atoms with Gasteiger partial charge in [-0.25, -0.2) is 9.97 Å². The summed E-state index contributed by atoms with van der Waals surface area (Å²) < 4.78 is 1.24. The van der Waals surface area contributed by atoms with Crippen LogP contribution in [0, 0.1) is 0 Å². The molecule has 1 fully saturated rings. The molecule has 2 aromatic rings. The SMILES string of the molecule is CC1(C)C=C(c2cc3ncnc(N4CCCCC4)c3s2)CC(C)(C)N1. The van der Waals surface area contributed by atoms with Gasteiger partial charge in [0, 0.05) is 29.0 Å². The zero-order valence-corrected chi connectivity index (χ0v) is 16.5. The molecule has 4 heterocycles. The van der Waals surface area contributed by atoms with Crippen molar-refractivity contribution in [2.24, 2.45) is 0 Å². The van der Waals surface area contributed by atoms with E-state index in [1.807, 2.05) is 11.3 Å². The first kappa shape index (κ1) is 17.0. The van der Waals surface area contributed by atoms with Crippen molar-refractivity contribution in [1.29, 1.82) is 0 Å². The maximum absolute atomic E-state index is 4.64. The van der Waals surface area contributed by atoms with E-state index in [0.29, 0.717) is 0 Å². The molecular weight excluding hydrogens is 328 g/mol. The first-order chi connectivity index (χ1) is 11.8. The fraction of sp³-hybridized carbons (Fsp3) is 0.600. The van der Waals surface area contributed by atoms with Crippen LogP contribution < -0.4 is 10.2 Å². The Morgan fingerprint density at radius 2 is 1.84 bits per heavy atom. The predicted octanol–water partition coefficient (Wildman–Crippen LogP) is 4.62. The van der Waals surface area contributed by atoms with Crippen LogP contribution in [0.2, 0.25) is 0 Å². The Hall–Kier alpha value is -1.46. The van der Waals surface area contributed by atoms with Crippen LogP contribution in [0.25, 0.3) is 15.8 Å². The summed E-state index contributed by atoms with van der Waals surface area (Å²) in [6.45, 7) is 11.3. The zero-order chi connectivity index (χ0) is 17.7. The monoisotopic (exact) mass is 356 g/mol. The molecule has 5 heteroatoms. The van der Waals surface area contributed by atoms with Gasteiger partial charge in [-0.05, 0) is 65.0 Å². The van der Waals surface area contributed by atoms with Crippen LogP contribution in [0.5, 0.6) is 0 Å². The van der Waals surface area contributed by atoms with Crippen LogP contribution in [-0.2, 0) is 0 Å². The molecule has 2 aromatic heterocycles. The molecule has 1 N–H and O–H groups in total. The van der Waals surface area contributed by atoms with Crippen molar-refractivity contribution in [2.45, 2.75) is 64.5 Å². The predicted molar refractivity (Wildman–Crippen MR) is 107 cm³/mol. The number of hydrogen-bond acceptors (Lipinski definition) is 5. The maximum atomic E-state index is 4.64. The summed E-state index contributed by atoms with van der Waals surface area (Å²) in [4.78, 5) is 13.0. The number of hydrogen-bond donors (Lipinski definition) is 1. The van der Waals surface area contributed by atoms with Crippen LogP contribution >= 0.6 is 11.3 Å². The second-order valence-corrected chi connectivity index (χ2v) is 9.70. The number of rotatable bonds is 2. The van der Waals surface area contributed by atoms with Crippen molar-refractivity contribution >= 4 is 32.9 Å². The molecule has 0 bridgehead atoms. The van der Waals surface area contributed by atoms with Gasteiger partial charge in [0.1, 0.15) is 12.1 Å². The third kappa shape index (κ3) is 3.44. The fourth-order valence-corrected chi connectivity index (χ4v) is 5.55. The standard InChI is InChI=1S/C20H28N4S/c1-19(2)11-14(12-20(3,4)23-19)16-10-15-17(25-16)18(22-13-21-15)24-8-6-5-7-9-24/h10-11,13,23H,5-9,12H2,1-4H3. The summed E-state index contributed by atoms with van der Waals surface area (Å²) in [5, 5.41) is 3.72. The van der Waals surface area contributed by atoms with E-state index in [1.165, 1.54) is 34.4 Å². The number of anilines is 1. The van der Waals surface area contributed by atoms with Gasteiger partial charge in [-0.15, -0.1) is 11.3 Å². The van der Waals surface area contributed by atoms with E-state index >= 15 is 0 Å². The Morgan fingerprint density at radius 1 is 1.08 bits per heavy atom. The molecule has 0 spiro atoms. The Kier molecular flexibility index (Phi) is 4.12. The van der Waals surface area contributed by atoms with E-state index in [2.05, 4.69) is 60.0 Å². The highest BCUT2D eigenvalue weighted by atomic mass is 32.1. The smallest absolute Gasteiger partial charge is 0.150 e. The van der Waals surface area contributed by atoms with Crippen LogP contribution in [0.4, 0.5) is 5.82 Å². The van der Waals surface area contributed by atoms with Gasteiger partial charge in [0.2, 0.25) is 0 Å². The molecule has 4 nitrogen and oxygen atoms in total. The van der Waals surface area contributed by atoms with Crippen LogP contribution in [0.15, 0.2) is 18.5 Å². The molecule has 0 aliphatic carbocycles. The van der Waals surface area contributed by atoms with E-state index < -0.39 is 0 Å². The molecule has 2 aliphatic heterocycles. The minimum Gasteiger partial charge on any atom is -0.355 e. The largest absolute Gasteiger partial charge is 0.355 e. The van der Waals surface area contributed by atoms with Gasteiger partial charge in [-0.2, -0.15) is 0 Å². The van der Waals surface area contributed by atoms with Gasteiger partial charge >= 0.3 is 0 Å². The molecule has 4 rings (SSSR count). The number of fused-ring (bicyclic) bond motifs is 1. The van der Waals surface area contributed by atoms with E-state index in [1.54, 1.807) is 6.33 Å². The highest BCUT2D eigenvalue weighted by molar-refractivity contribution is 7.20. The van der Waals surface area contributed by atoms with Gasteiger partial charge in [-0.1, -0.05) is 6.08 Å². The van der Waals surface area contributed by atoms with E-state index in [0.717, 1.165) is 30.8 Å². The molecule has 0 atom stereocenters. The summed E-state index contributed by atoms with van der Waals surface area (Å²) in [5.74, 6) is 1.13. The summed E-state index contributed by atoms with van der Waals surface area (Å²) >= 11 is 1.86. The first-order valence-corrected chi connectivity index (χ1v) is 10.2. The average Bonchev–Trinajstić information content (AvgIpc) is 2.97. The van der Waals surface area contributed by atoms with Gasteiger partial charge in [-0.3, -0.25) is 0 Å². The van der Waals surface area contributed by atoms with E-state index in [4.69, 9.17) is 0 Å². The molecule has 0 saturated carbocycles.